The van der Waals surface area contributed by atoms with Gasteiger partial charge in [-0.3, -0.25) is 4.57 Å². The second-order valence-electron chi connectivity index (χ2n) is 8.47. The van der Waals surface area contributed by atoms with Gasteiger partial charge in [0.1, 0.15) is 17.6 Å². The van der Waals surface area contributed by atoms with Crippen LogP contribution in [0.2, 0.25) is 0 Å². The Labute approximate surface area is 210 Å². The van der Waals surface area contributed by atoms with E-state index in [4.69, 9.17) is 9.47 Å². The van der Waals surface area contributed by atoms with E-state index < -0.39 is 21.2 Å². The molecule has 3 heterocycles. The summed E-state index contributed by atoms with van der Waals surface area (Å²) in [4.78, 5) is 13.0. The molecule has 0 saturated carbocycles. The van der Waals surface area contributed by atoms with Crippen LogP contribution in [0.1, 0.15) is 35.8 Å². The topological polar surface area (TPSA) is 122 Å². The van der Waals surface area contributed by atoms with Gasteiger partial charge in [0, 0.05) is 31.3 Å². The van der Waals surface area contributed by atoms with Crippen LogP contribution in [0.15, 0.2) is 54.9 Å². The minimum absolute atomic E-state index is 0.256. The number of hydrogen-bond donors (Lipinski definition) is 0. The normalized spacial score (nSPS) is 13.4. The zero-order valence-corrected chi connectivity index (χ0v) is 21.6. The summed E-state index contributed by atoms with van der Waals surface area (Å²) in [6.45, 7) is 5.41. The van der Waals surface area contributed by atoms with E-state index in [0.29, 0.717) is 23.2 Å². The first-order valence-electron chi connectivity index (χ1n) is 11.3. The fourth-order valence-corrected chi connectivity index (χ4v) is 5.24. The molecule has 0 aliphatic rings. The Balaban J connectivity index is 1.76. The van der Waals surface area contributed by atoms with E-state index in [1.807, 2.05) is 38.1 Å². The second kappa shape index (κ2) is 10.5. The molecule has 0 spiro atoms. The van der Waals surface area contributed by atoms with Crippen LogP contribution < -0.4 is 4.74 Å². The van der Waals surface area contributed by atoms with E-state index in [1.54, 1.807) is 42.1 Å². The lowest BCUT2D eigenvalue weighted by molar-refractivity contribution is 0.0947. The smallest absolute Gasteiger partial charge is 0.213 e. The molecule has 4 rings (SSSR count). The molecule has 0 aliphatic carbocycles. The van der Waals surface area contributed by atoms with Crippen molar-refractivity contribution in [2.45, 2.75) is 37.9 Å². The van der Waals surface area contributed by atoms with Gasteiger partial charge in [-0.1, -0.05) is 18.2 Å². The number of aromatic nitrogens is 6. The van der Waals surface area contributed by atoms with Gasteiger partial charge in [0.25, 0.3) is 0 Å². The van der Waals surface area contributed by atoms with E-state index >= 15 is 0 Å². The molecular weight excluding hydrogens is 480 g/mol. The van der Waals surface area contributed by atoms with Crippen molar-refractivity contribution in [2.24, 2.45) is 0 Å². The van der Waals surface area contributed by atoms with Crippen LogP contribution in [-0.2, 0) is 20.3 Å². The van der Waals surface area contributed by atoms with Crippen molar-refractivity contribution in [3.63, 3.8) is 0 Å². The zero-order chi connectivity index (χ0) is 25.9. The van der Waals surface area contributed by atoms with Gasteiger partial charge >= 0.3 is 0 Å². The maximum absolute atomic E-state index is 13.6. The van der Waals surface area contributed by atoms with Crippen LogP contribution in [0.5, 0.6) is 5.88 Å². The fraction of sp³-hybridized carbons (Fsp3) is 0.320. The first-order chi connectivity index (χ1) is 17.2. The highest BCUT2D eigenvalue weighted by Crippen LogP contribution is 2.28. The molecule has 0 fully saturated rings. The molecule has 11 heteroatoms. The van der Waals surface area contributed by atoms with Gasteiger partial charge in [-0.05, 0) is 50.1 Å². The molecule has 0 bridgehead atoms. The van der Waals surface area contributed by atoms with Gasteiger partial charge in [-0.2, -0.15) is 0 Å². The van der Waals surface area contributed by atoms with Crippen LogP contribution in [-0.4, -0.2) is 57.6 Å². The number of rotatable bonds is 9. The average Bonchev–Trinajstić information content (AvgIpc) is 3.28. The molecule has 36 heavy (non-hydrogen) atoms. The molecule has 0 aliphatic heterocycles. The number of pyridine rings is 1. The lowest BCUT2D eigenvalue weighted by Crippen LogP contribution is -2.30. The van der Waals surface area contributed by atoms with Crippen molar-refractivity contribution < 1.29 is 17.9 Å². The number of benzene rings is 1. The number of hydrogen-bond acceptors (Lipinski definition) is 9. The number of nitrogens with zero attached hydrogens (tertiary/aromatic N) is 6. The van der Waals surface area contributed by atoms with Crippen molar-refractivity contribution in [1.82, 2.24) is 29.7 Å². The maximum Gasteiger partial charge on any atom is 0.213 e. The SMILES string of the molecule is COc1cccc(-c2nnc(CS(=O)(=O)[C@@H](C)[C@H](OC)c3ncc(C)cn3)n2-c2cccc(C)c2)n1. The van der Waals surface area contributed by atoms with Gasteiger partial charge in [0.15, 0.2) is 27.3 Å². The Kier molecular flexibility index (Phi) is 7.41. The Hall–Kier alpha value is -3.70. The molecule has 188 valence electrons. The molecule has 4 aromatic rings. The quantitative estimate of drug-likeness (QED) is 0.334. The number of methoxy groups -OCH3 is 2. The first kappa shape index (κ1) is 25.4. The molecule has 0 amide bonds. The summed E-state index contributed by atoms with van der Waals surface area (Å²) in [6.07, 6.45) is 2.43. The second-order valence-corrected chi connectivity index (χ2v) is 10.8. The van der Waals surface area contributed by atoms with Crippen LogP contribution in [0.4, 0.5) is 0 Å². The van der Waals surface area contributed by atoms with E-state index in [-0.39, 0.29) is 11.6 Å². The minimum atomic E-state index is -3.78. The van der Waals surface area contributed by atoms with Gasteiger partial charge in [0.05, 0.1) is 12.4 Å². The monoisotopic (exact) mass is 508 g/mol. The van der Waals surface area contributed by atoms with Gasteiger partial charge in [-0.25, -0.2) is 23.4 Å². The van der Waals surface area contributed by atoms with Crippen molar-refractivity contribution in [3.05, 3.63) is 77.6 Å². The molecule has 2 atom stereocenters. The fourth-order valence-electron chi connectivity index (χ4n) is 3.82. The molecule has 1 aromatic carbocycles. The lowest BCUT2D eigenvalue weighted by atomic mass is 10.2. The summed E-state index contributed by atoms with van der Waals surface area (Å²) in [5.74, 6) is 1.01. The summed E-state index contributed by atoms with van der Waals surface area (Å²) in [5, 5.41) is 7.65. The molecular formula is C25H28N6O4S. The van der Waals surface area contributed by atoms with Gasteiger partial charge < -0.3 is 9.47 Å². The molecule has 0 unspecified atom stereocenters. The van der Waals surface area contributed by atoms with E-state index in [2.05, 4.69) is 25.1 Å². The van der Waals surface area contributed by atoms with E-state index in [1.165, 1.54) is 14.2 Å². The minimum Gasteiger partial charge on any atom is -0.481 e. The highest BCUT2D eigenvalue weighted by Gasteiger charge is 2.34. The van der Waals surface area contributed by atoms with Crippen molar-refractivity contribution in [3.8, 4) is 23.1 Å². The summed E-state index contributed by atoms with van der Waals surface area (Å²) in [6, 6.07) is 12.9. The summed E-state index contributed by atoms with van der Waals surface area (Å²) in [5.41, 5.74) is 3.10. The molecule has 3 aromatic heterocycles. The number of sulfone groups is 1. The standard InChI is InChI=1S/C25H28N6O4S/c1-16-8-6-9-19(12-16)31-21(29-30-25(31)20-10-7-11-22(28-20)34-4)15-36(32,33)18(3)23(35-5)24-26-13-17(2)14-27-24/h6-14,18,23H,15H2,1-5H3/t18-,23-/m0/s1. The van der Waals surface area contributed by atoms with Crippen LogP contribution in [0, 0.1) is 13.8 Å². The molecule has 0 saturated heterocycles. The van der Waals surface area contributed by atoms with Gasteiger partial charge in [0.2, 0.25) is 5.88 Å². The highest BCUT2D eigenvalue weighted by atomic mass is 32.2. The van der Waals surface area contributed by atoms with Crippen molar-refractivity contribution >= 4 is 9.84 Å². The van der Waals surface area contributed by atoms with Crippen molar-refractivity contribution in [2.75, 3.05) is 14.2 Å². The third kappa shape index (κ3) is 5.26. The summed E-state index contributed by atoms with van der Waals surface area (Å²) in [7, 11) is -0.804. The van der Waals surface area contributed by atoms with Crippen LogP contribution in [0.25, 0.3) is 17.2 Å². The Morgan fingerprint density at radius 1 is 0.972 bits per heavy atom. The Morgan fingerprint density at radius 3 is 2.36 bits per heavy atom. The Bertz CT molecular complexity index is 1450. The maximum atomic E-state index is 13.6. The Morgan fingerprint density at radius 2 is 1.69 bits per heavy atom. The first-order valence-corrected chi connectivity index (χ1v) is 13.0. The largest absolute Gasteiger partial charge is 0.481 e. The predicted octanol–water partition coefficient (Wildman–Crippen LogP) is 3.44. The predicted molar refractivity (Wildman–Crippen MR) is 134 cm³/mol. The molecule has 0 N–H and O–H groups in total. The number of ether oxygens (including phenoxy) is 2. The lowest BCUT2D eigenvalue weighted by Gasteiger charge is -2.21. The summed E-state index contributed by atoms with van der Waals surface area (Å²) >= 11 is 0. The highest BCUT2D eigenvalue weighted by molar-refractivity contribution is 7.91. The van der Waals surface area contributed by atoms with E-state index in [9.17, 15) is 8.42 Å². The summed E-state index contributed by atoms with van der Waals surface area (Å²) < 4.78 is 39.7. The van der Waals surface area contributed by atoms with Crippen LogP contribution >= 0.6 is 0 Å². The van der Waals surface area contributed by atoms with Gasteiger partial charge in [-0.15, -0.1) is 10.2 Å². The third-order valence-electron chi connectivity index (χ3n) is 5.78. The van der Waals surface area contributed by atoms with Crippen LogP contribution in [0.3, 0.4) is 0 Å². The number of aryl methyl sites for hydroxylation is 2. The third-order valence-corrected chi connectivity index (χ3v) is 7.82. The van der Waals surface area contributed by atoms with E-state index in [0.717, 1.165) is 16.8 Å². The molecule has 10 nitrogen and oxygen atoms in total. The zero-order valence-electron chi connectivity index (χ0n) is 20.8. The molecule has 0 radical (unpaired) electrons. The average molecular weight is 509 g/mol. The van der Waals surface area contributed by atoms with Crippen molar-refractivity contribution in [1.29, 1.82) is 0 Å².